The number of benzene rings is 2. The topological polar surface area (TPSA) is 158 Å². The lowest BCUT2D eigenvalue weighted by molar-refractivity contribution is -0.149. The Morgan fingerprint density at radius 3 is 2.46 bits per heavy atom. The summed E-state index contributed by atoms with van der Waals surface area (Å²) in [5, 5.41) is 16.2. The number of rotatable bonds is 13. The molecule has 4 rings (SSSR count). The summed E-state index contributed by atoms with van der Waals surface area (Å²) in [5.41, 5.74) is 8.86. The predicted octanol–water partition coefficient (Wildman–Crippen LogP) is 2.08. The van der Waals surface area contributed by atoms with Crippen molar-refractivity contribution < 1.29 is 24.3 Å². The minimum Gasteiger partial charge on any atom is -0.480 e. The molecule has 1 aliphatic heterocycles. The molecule has 10 nitrogen and oxygen atoms in total. The number of fused-ring (bicyclic) bond motifs is 1. The Labute approximate surface area is 243 Å². The molecule has 0 bridgehead atoms. The van der Waals surface area contributed by atoms with Crippen LogP contribution in [0, 0.1) is 0 Å². The van der Waals surface area contributed by atoms with Crippen molar-refractivity contribution in [3.63, 3.8) is 0 Å². The Morgan fingerprint density at radius 2 is 1.73 bits per heavy atom. The van der Waals surface area contributed by atoms with Gasteiger partial charge in [-0.05, 0) is 54.9 Å². The van der Waals surface area contributed by atoms with Crippen LogP contribution in [0.15, 0.2) is 60.8 Å². The lowest BCUT2D eigenvalue weighted by Gasteiger charge is -2.29. The highest BCUT2D eigenvalue weighted by atomic mass is 32.2. The fourth-order valence-electron chi connectivity index (χ4n) is 5.22. The molecule has 3 aromatic rings. The second-order valence-corrected chi connectivity index (χ2v) is 11.3. The van der Waals surface area contributed by atoms with Gasteiger partial charge in [-0.3, -0.25) is 14.4 Å². The maximum atomic E-state index is 13.8. The van der Waals surface area contributed by atoms with Crippen molar-refractivity contribution in [2.75, 3.05) is 18.6 Å². The highest BCUT2D eigenvalue weighted by Gasteiger charge is 2.38. The van der Waals surface area contributed by atoms with Gasteiger partial charge in [0.2, 0.25) is 17.7 Å². The minimum atomic E-state index is -1.05. The lowest BCUT2D eigenvalue weighted by Crippen LogP contribution is -2.58. The summed E-state index contributed by atoms with van der Waals surface area (Å²) < 4.78 is 0. The van der Waals surface area contributed by atoms with Crippen LogP contribution >= 0.6 is 11.8 Å². The minimum absolute atomic E-state index is 0.171. The molecule has 4 atom stereocenters. The summed E-state index contributed by atoms with van der Waals surface area (Å²) in [5.74, 6) is -1.89. The van der Waals surface area contributed by atoms with Crippen molar-refractivity contribution in [3.8, 4) is 0 Å². The van der Waals surface area contributed by atoms with Gasteiger partial charge in [0, 0.05) is 30.1 Å². The van der Waals surface area contributed by atoms with E-state index in [2.05, 4.69) is 15.6 Å². The molecule has 6 N–H and O–H groups in total. The fourth-order valence-corrected chi connectivity index (χ4v) is 5.69. The molecule has 4 unspecified atom stereocenters. The van der Waals surface area contributed by atoms with Crippen molar-refractivity contribution in [1.82, 2.24) is 20.5 Å². The van der Waals surface area contributed by atoms with Crippen LogP contribution in [0.25, 0.3) is 10.9 Å². The van der Waals surface area contributed by atoms with Gasteiger partial charge in [0.15, 0.2) is 0 Å². The van der Waals surface area contributed by atoms with Crippen LogP contribution in [0.1, 0.15) is 30.4 Å². The highest BCUT2D eigenvalue weighted by molar-refractivity contribution is 7.98. The molecule has 1 aromatic heterocycles. The second-order valence-electron chi connectivity index (χ2n) is 10.3. The van der Waals surface area contributed by atoms with Crippen LogP contribution < -0.4 is 16.4 Å². The molecular weight excluding hydrogens is 542 g/mol. The monoisotopic (exact) mass is 579 g/mol. The Kier molecular flexibility index (Phi) is 10.4. The Balaban J connectivity index is 1.55. The number of nitrogens with zero attached hydrogens (tertiary/aromatic N) is 1. The predicted molar refractivity (Wildman–Crippen MR) is 159 cm³/mol. The van der Waals surface area contributed by atoms with E-state index < -0.39 is 47.9 Å². The van der Waals surface area contributed by atoms with Gasteiger partial charge in [-0.1, -0.05) is 48.5 Å². The summed E-state index contributed by atoms with van der Waals surface area (Å²) in [6.07, 6.45) is 5.47. The average Bonchev–Trinajstić information content (AvgIpc) is 3.63. The van der Waals surface area contributed by atoms with E-state index in [1.165, 1.54) is 16.7 Å². The van der Waals surface area contributed by atoms with E-state index in [-0.39, 0.29) is 6.42 Å². The first kappa shape index (κ1) is 30.1. The largest absolute Gasteiger partial charge is 0.480 e. The normalized spacial score (nSPS) is 17.1. The zero-order valence-electron chi connectivity index (χ0n) is 23.0. The quantitative estimate of drug-likeness (QED) is 0.207. The number of carbonyl (C=O) groups excluding carboxylic acids is 3. The number of nitrogens with two attached hydrogens (primary N) is 1. The van der Waals surface area contributed by atoms with E-state index in [9.17, 15) is 24.3 Å². The zero-order valence-corrected chi connectivity index (χ0v) is 23.9. The van der Waals surface area contributed by atoms with Crippen molar-refractivity contribution in [1.29, 1.82) is 0 Å². The molecular formula is C30H37N5O5S. The number of carboxylic acid groups (broad SMARTS) is 1. The number of nitrogens with one attached hydrogen (secondary N) is 3. The first-order chi connectivity index (χ1) is 19.8. The molecule has 0 aliphatic carbocycles. The molecule has 11 heteroatoms. The van der Waals surface area contributed by atoms with Crippen molar-refractivity contribution in [2.24, 2.45) is 5.73 Å². The van der Waals surface area contributed by atoms with Crippen molar-refractivity contribution >= 4 is 46.4 Å². The number of amides is 3. The number of thioether (sulfide) groups is 1. The number of para-hydroxylation sites is 1. The van der Waals surface area contributed by atoms with Crippen molar-refractivity contribution in [3.05, 3.63) is 71.9 Å². The summed E-state index contributed by atoms with van der Waals surface area (Å²) >= 11 is 1.52. The lowest BCUT2D eigenvalue weighted by atomic mass is 10.0. The van der Waals surface area contributed by atoms with Crippen LogP contribution in [-0.2, 0) is 32.0 Å². The van der Waals surface area contributed by atoms with Gasteiger partial charge in [-0.15, -0.1) is 0 Å². The molecule has 0 spiro atoms. The summed E-state index contributed by atoms with van der Waals surface area (Å²) in [7, 11) is 0. The third kappa shape index (κ3) is 7.68. The zero-order chi connectivity index (χ0) is 29.4. The number of aliphatic carboxylic acids is 1. The van der Waals surface area contributed by atoms with E-state index in [1.54, 1.807) is 6.20 Å². The third-order valence-electron chi connectivity index (χ3n) is 7.41. The Bertz CT molecular complexity index is 1360. The number of hydrogen-bond donors (Lipinski definition) is 5. The van der Waals surface area contributed by atoms with E-state index in [0.717, 1.165) is 22.0 Å². The number of likely N-dealkylation sites (tertiary alicyclic amines) is 1. The van der Waals surface area contributed by atoms with E-state index in [4.69, 9.17) is 5.73 Å². The van der Waals surface area contributed by atoms with Gasteiger partial charge in [0.05, 0.1) is 6.04 Å². The smallest absolute Gasteiger partial charge is 0.326 e. The van der Waals surface area contributed by atoms with Crippen LogP contribution in [0.3, 0.4) is 0 Å². The first-order valence-corrected chi connectivity index (χ1v) is 15.1. The van der Waals surface area contributed by atoms with Gasteiger partial charge < -0.3 is 31.4 Å². The molecule has 1 aliphatic rings. The molecule has 0 radical (unpaired) electrons. The van der Waals surface area contributed by atoms with Gasteiger partial charge in [0.1, 0.15) is 18.1 Å². The van der Waals surface area contributed by atoms with Gasteiger partial charge in [-0.2, -0.15) is 11.8 Å². The van der Waals surface area contributed by atoms with Crippen molar-refractivity contribution in [2.45, 2.75) is 56.3 Å². The molecule has 2 aromatic carbocycles. The molecule has 41 heavy (non-hydrogen) atoms. The number of aromatic amines is 1. The maximum absolute atomic E-state index is 13.8. The number of hydrogen-bond acceptors (Lipinski definition) is 6. The summed E-state index contributed by atoms with van der Waals surface area (Å²) in [4.78, 5) is 56.7. The molecule has 1 fully saturated rings. The molecule has 1 saturated heterocycles. The molecule has 0 saturated carbocycles. The Hall–Kier alpha value is -3.83. The van der Waals surface area contributed by atoms with Crippen LogP contribution in [0.4, 0.5) is 0 Å². The summed E-state index contributed by atoms with van der Waals surface area (Å²) in [6, 6.07) is 13.3. The van der Waals surface area contributed by atoms with Crippen LogP contribution in [0.5, 0.6) is 0 Å². The first-order valence-electron chi connectivity index (χ1n) is 13.8. The number of aromatic nitrogens is 1. The highest BCUT2D eigenvalue weighted by Crippen LogP contribution is 2.21. The molecule has 218 valence electrons. The van der Waals surface area contributed by atoms with Gasteiger partial charge in [0.25, 0.3) is 0 Å². The SMILES string of the molecule is CSCCC(NC(=O)C(Cc1c[nH]c2ccccc12)NC(=O)C(N)Cc1ccccc1)C(=O)N1CCCC1C(=O)O. The maximum Gasteiger partial charge on any atom is 0.326 e. The summed E-state index contributed by atoms with van der Waals surface area (Å²) in [6.45, 7) is 0.325. The van der Waals surface area contributed by atoms with Gasteiger partial charge in [-0.25, -0.2) is 4.79 Å². The number of carboxylic acids is 1. The standard InChI is InChI=1S/C30H37N5O5S/c1-41-15-13-24(29(38)35-14-7-12-26(35)30(39)40)33-28(37)25(17-20-18-32-23-11-6-5-10-21(20)23)34-27(36)22(31)16-19-8-3-2-4-9-19/h2-6,8-11,18,22,24-26,32H,7,12-17,31H2,1H3,(H,33,37)(H,34,36)(H,39,40). The van der Waals surface area contributed by atoms with Crippen LogP contribution in [0.2, 0.25) is 0 Å². The average molecular weight is 580 g/mol. The van der Waals surface area contributed by atoms with E-state index in [0.29, 0.717) is 38.0 Å². The Morgan fingerprint density at radius 1 is 1.02 bits per heavy atom. The fraction of sp³-hybridized carbons (Fsp3) is 0.400. The van der Waals surface area contributed by atoms with Crippen LogP contribution in [-0.4, -0.2) is 81.4 Å². The molecule has 2 heterocycles. The second kappa shape index (κ2) is 14.2. The molecule has 3 amide bonds. The number of carbonyl (C=O) groups is 4. The van der Waals surface area contributed by atoms with Gasteiger partial charge >= 0.3 is 5.97 Å². The van der Waals surface area contributed by atoms with E-state index >= 15 is 0 Å². The third-order valence-corrected chi connectivity index (χ3v) is 8.06. The van der Waals surface area contributed by atoms with E-state index in [1.807, 2.05) is 60.9 Å². The number of H-pyrrole nitrogens is 1.